The van der Waals surface area contributed by atoms with E-state index in [-0.39, 0.29) is 12.8 Å². The van der Waals surface area contributed by atoms with Crippen molar-refractivity contribution in [1.82, 2.24) is 14.9 Å². The molecule has 0 aliphatic carbocycles. The van der Waals surface area contributed by atoms with Crippen LogP contribution in [0.15, 0.2) is 18.2 Å². The standard InChI is InChI=1S/C21H27F3N4O4/c22-21(23,24)16-4-3-15(17(13-16)26-7-1-2-8-26)14-25-9-11-27(12-10-25)20(31)32-28-18(29)5-6-19(28)30/h3-4,13,18,29H,1-2,5-12,14H2. The van der Waals surface area contributed by atoms with Crippen molar-refractivity contribution in [2.24, 2.45) is 0 Å². The van der Waals surface area contributed by atoms with Gasteiger partial charge in [0.2, 0.25) is 0 Å². The van der Waals surface area contributed by atoms with Crippen molar-refractivity contribution >= 4 is 17.7 Å². The zero-order chi connectivity index (χ0) is 22.9. The fourth-order valence-corrected chi connectivity index (χ4v) is 4.36. The Morgan fingerprint density at radius 1 is 1.09 bits per heavy atom. The molecule has 1 atom stereocenters. The van der Waals surface area contributed by atoms with E-state index in [1.165, 1.54) is 11.0 Å². The third-order valence-corrected chi connectivity index (χ3v) is 6.19. The van der Waals surface area contributed by atoms with Crippen LogP contribution in [0, 0.1) is 0 Å². The van der Waals surface area contributed by atoms with Crippen molar-refractivity contribution in [3.8, 4) is 0 Å². The number of piperazine rings is 1. The Kier molecular flexibility index (Phi) is 6.47. The largest absolute Gasteiger partial charge is 0.434 e. The van der Waals surface area contributed by atoms with E-state index in [0.717, 1.165) is 42.6 Å². The maximum atomic E-state index is 13.2. The first-order valence-corrected chi connectivity index (χ1v) is 10.9. The minimum Gasteiger partial charge on any atom is -0.371 e. The maximum Gasteiger partial charge on any atom is 0.434 e. The van der Waals surface area contributed by atoms with Gasteiger partial charge in [0.05, 0.1) is 5.56 Å². The molecule has 3 saturated heterocycles. The van der Waals surface area contributed by atoms with Crippen molar-refractivity contribution in [3.63, 3.8) is 0 Å². The van der Waals surface area contributed by atoms with Crippen molar-refractivity contribution in [2.75, 3.05) is 44.2 Å². The summed E-state index contributed by atoms with van der Waals surface area (Å²) >= 11 is 0. The van der Waals surface area contributed by atoms with Crippen LogP contribution >= 0.6 is 0 Å². The molecule has 1 aromatic rings. The van der Waals surface area contributed by atoms with Gasteiger partial charge in [-0.3, -0.25) is 9.69 Å². The SMILES string of the molecule is O=C(ON1C(=O)CCC1O)N1CCN(Cc2ccc(C(F)(F)F)cc2N2CCCC2)CC1. The summed E-state index contributed by atoms with van der Waals surface area (Å²) in [4.78, 5) is 34.6. The first kappa shape index (κ1) is 22.7. The molecule has 3 aliphatic rings. The molecule has 1 unspecified atom stereocenters. The molecular weight excluding hydrogens is 429 g/mol. The molecule has 0 spiro atoms. The summed E-state index contributed by atoms with van der Waals surface area (Å²) in [5.41, 5.74) is 0.816. The van der Waals surface area contributed by atoms with Gasteiger partial charge in [-0.25, -0.2) is 4.79 Å². The molecule has 8 nitrogen and oxygen atoms in total. The highest BCUT2D eigenvalue weighted by Crippen LogP contribution is 2.35. The van der Waals surface area contributed by atoms with E-state index in [1.54, 1.807) is 6.07 Å². The number of amides is 2. The molecule has 3 aliphatic heterocycles. The van der Waals surface area contributed by atoms with Gasteiger partial charge in [-0.1, -0.05) is 6.07 Å². The zero-order valence-corrected chi connectivity index (χ0v) is 17.7. The lowest BCUT2D eigenvalue weighted by atomic mass is 10.1. The molecule has 0 saturated carbocycles. The molecule has 2 amide bonds. The number of carbonyl (C=O) groups excluding carboxylic acids is 2. The fraction of sp³-hybridized carbons (Fsp3) is 0.619. The Morgan fingerprint density at radius 3 is 2.38 bits per heavy atom. The number of halogens is 3. The number of hydrogen-bond donors (Lipinski definition) is 1. The van der Waals surface area contributed by atoms with E-state index < -0.39 is 30.0 Å². The number of rotatable bonds is 4. The minimum absolute atomic E-state index is 0.134. The van der Waals surface area contributed by atoms with Gasteiger partial charge < -0.3 is 19.7 Å². The molecule has 1 N–H and O–H groups in total. The average Bonchev–Trinajstić information content (AvgIpc) is 3.40. The molecule has 0 aromatic heterocycles. The summed E-state index contributed by atoms with van der Waals surface area (Å²) in [6.45, 7) is 3.73. The van der Waals surface area contributed by atoms with Crippen molar-refractivity contribution in [1.29, 1.82) is 0 Å². The highest BCUT2D eigenvalue weighted by Gasteiger charge is 2.35. The van der Waals surface area contributed by atoms with Crippen LogP contribution in [0.3, 0.4) is 0 Å². The second-order valence-electron chi connectivity index (χ2n) is 8.39. The third kappa shape index (κ3) is 4.93. The first-order valence-electron chi connectivity index (χ1n) is 10.9. The topological polar surface area (TPSA) is 76.6 Å². The summed E-state index contributed by atoms with van der Waals surface area (Å²) in [6.07, 6.45) is -3.90. The van der Waals surface area contributed by atoms with Gasteiger partial charge in [-0.15, -0.1) is 5.06 Å². The maximum absolute atomic E-state index is 13.2. The smallest absolute Gasteiger partial charge is 0.371 e. The van der Waals surface area contributed by atoms with Gasteiger partial charge >= 0.3 is 12.3 Å². The highest BCUT2D eigenvalue weighted by atomic mass is 19.4. The predicted octanol–water partition coefficient (Wildman–Crippen LogP) is 2.42. The molecule has 3 heterocycles. The van der Waals surface area contributed by atoms with Gasteiger partial charge in [0.15, 0.2) is 6.23 Å². The second kappa shape index (κ2) is 9.14. The number of nitrogens with zero attached hydrogens (tertiary/aromatic N) is 4. The van der Waals surface area contributed by atoms with Gasteiger partial charge in [0.25, 0.3) is 5.91 Å². The minimum atomic E-state index is -4.39. The lowest BCUT2D eigenvalue weighted by Crippen LogP contribution is -2.50. The monoisotopic (exact) mass is 456 g/mol. The Labute approximate surface area is 184 Å². The van der Waals surface area contributed by atoms with Crippen LogP contribution < -0.4 is 4.90 Å². The number of benzene rings is 1. The van der Waals surface area contributed by atoms with Crippen molar-refractivity contribution < 1.29 is 32.7 Å². The normalized spacial score (nSPS) is 22.7. The molecular formula is C21H27F3N4O4. The van der Waals surface area contributed by atoms with Gasteiger partial charge in [-0.2, -0.15) is 13.2 Å². The number of aliphatic hydroxyl groups is 1. The van der Waals surface area contributed by atoms with E-state index in [4.69, 9.17) is 4.84 Å². The second-order valence-corrected chi connectivity index (χ2v) is 8.39. The van der Waals surface area contributed by atoms with E-state index >= 15 is 0 Å². The van der Waals surface area contributed by atoms with E-state index in [1.807, 2.05) is 4.90 Å². The summed E-state index contributed by atoms with van der Waals surface area (Å²) in [6, 6.07) is 3.92. The lowest BCUT2D eigenvalue weighted by Gasteiger charge is -2.35. The summed E-state index contributed by atoms with van der Waals surface area (Å²) in [5, 5.41) is 10.4. The van der Waals surface area contributed by atoms with Crippen LogP contribution in [0.5, 0.6) is 0 Å². The molecule has 32 heavy (non-hydrogen) atoms. The number of alkyl halides is 3. The molecule has 0 radical (unpaired) electrons. The van der Waals surface area contributed by atoms with E-state index in [2.05, 4.69) is 4.90 Å². The van der Waals surface area contributed by atoms with Crippen molar-refractivity contribution in [3.05, 3.63) is 29.3 Å². The molecule has 4 rings (SSSR count). The molecule has 176 valence electrons. The van der Waals surface area contributed by atoms with Gasteiger partial charge in [0.1, 0.15) is 0 Å². The molecule has 3 fully saturated rings. The molecule has 1 aromatic carbocycles. The van der Waals surface area contributed by atoms with Crippen LogP contribution in [0.2, 0.25) is 0 Å². The Morgan fingerprint density at radius 2 is 1.78 bits per heavy atom. The lowest BCUT2D eigenvalue weighted by molar-refractivity contribution is -0.194. The summed E-state index contributed by atoms with van der Waals surface area (Å²) in [5.74, 6) is -0.429. The quantitative estimate of drug-likeness (QED) is 0.750. The zero-order valence-electron chi connectivity index (χ0n) is 17.7. The van der Waals surface area contributed by atoms with E-state index in [9.17, 15) is 27.9 Å². The Bertz CT molecular complexity index is 852. The average molecular weight is 456 g/mol. The van der Waals surface area contributed by atoms with Crippen LogP contribution in [0.1, 0.15) is 36.8 Å². The third-order valence-electron chi connectivity index (χ3n) is 6.19. The van der Waals surface area contributed by atoms with Gasteiger partial charge in [-0.05, 0) is 30.5 Å². The number of carbonyl (C=O) groups is 2. The van der Waals surface area contributed by atoms with Crippen LogP contribution in [-0.4, -0.2) is 77.5 Å². The first-order chi connectivity index (χ1) is 15.2. The molecule has 11 heteroatoms. The number of hydroxylamine groups is 2. The van der Waals surface area contributed by atoms with E-state index in [0.29, 0.717) is 38.4 Å². The van der Waals surface area contributed by atoms with Crippen LogP contribution in [-0.2, 0) is 22.4 Å². The number of hydrogen-bond acceptors (Lipinski definition) is 6. The summed E-state index contributed by atoms with van der Waals surface area (Å²) < 4.78 is 39.7. The molecule has 0 bridgehead atoms. The number of aliphatic hydroxyl groups excluding tert-OH is 1. The fourth-order valence-electron chi connectivity index (χ4n) is 4.36. The highest BCUT2D eigenvalue weighted by molar-refractivity contribution is 5.79. The van der Waals surface area contributed by atoms with Crippen LogP contribution in [0.4, 0.5) is 23.7 Å². The van der Waals surface area contributed by atoms with Crippen molar-refractivity contribution in [2.45, 2.75) is 44.6 Å². The Hall–Kier alpha value is -2.53. The Balaban J connectivity index is 1.37. The summed E-state index contributed by atoms with van der Waals surface area (Å²) in [7, 11) is 0. The van der Waals surface area contributed by atoms with Crippen LogP contribution in [0.25, 0.3) is 0 Å². The van der Waals surface area contributed by atoms with Gasteiger partial charge in [0, 0.05) is 64.3 Å². The predicted molar refractivity (Wildman–Crippen MR) is 108 cm³/mol. The number of anilines is 1.